The van der Waals surface area contributed by atoms with Crippen molar-refractivity contribution in [1.82, 2.24) is 5.32 Å². The first kappa shape index (κ1) is 16.8. The van der Waals surface area contributed by atoms with Crippen LogP contribution >= 0.6 is 0 Å². The zero-order chi connectivity index (χ0) is 15.7. The van der Waals surface area contributed by atoms with E-state index in [1.165, 1.54) is 0 Å². The van der Waals surface area contributed by atoms with Crippen LogP contribution in [-0.4, -0.2) is 43.8 Å². The summed E-state index contributed by atoms with van der Waals surface area (Å²) in [5.41, 5.74) is 5.97. The number of nitrogens with one attached hydrogen (secondary N) is 1. The minimum atomic E-state index is -0.243. The van der Waals surface area contributed by atoms with E-state index in [4.69, 9.17) is 20.4 Å². The Balaban J connectivity index is 2.50. The Bertz CT molecular complexity index is 491. The summed E-state index contributed by atoms with van der Waals surface area (Å²) in [4.78, 5) is 11.7. The van der Waals surface area contributed by atoms with Gasteiger partial charge in [0.2, 0.25) is 0 Å². The number of benzene rings is 1. The molecule has 0 fully saturated rings. The van der Waals surface area contributed by atoms with Gasteiger partial charge in [-0.15, -0.1) is 0 Å². The van der Waals surface area contributed by atoms with Crippen molar-refractivity contribution in [1.29, 1.82) is 0 Å². The topological polar surface area (TPSA) is 106 Å². The standard InChI is InChI=1S/C14H21N3O4/c1-10(8-20-2)7-16-13(18)9-21-12-6-4-3-5-11(12)14(15)17-19/h3-6,10,19H,7-9H2,1-2H3,(H2,15,17)(H,16,18). The van der Waals surface area contributed by atoms with Gasteiger partial charge in [-0.1, -0.05) is 24.2 Å². The maximum atomic E-state index is 11.7. The van der Waals surface area contributed by atoms with E-state index in [1.807, 2.05) is 6.92 Å². The van der Waals surface area contributed by atoms with Gasteiger partial charge in [-0.05, 0) is 18.1 Å². The van der Waals surface area contributed by atoms with E-state index in [2.05, 4.69) is 10.5 Å². The van der Waals surface area contributed by atoms with Gasteiger partial charge in [0, 0.05) is 13.7 Å². The SMILES string of the molecule is COCC(C)CNC(=O)COc1ccccc1C(N)=NO. The molecular formula is C14H21N3O4. The Kier molecular flexibility index (Phi) is 7.03. The molecule has 7 nitrogen and oxygen atoms in total. The molecule has 4 N–H and O–H groups in total. The molecule has 1 rings (SSSR count). The number of para-hydroxylation sites is 1. The molecule has 0 aromatic heterocycles. The average Bonchev–Trinajstić information content (AvgIpc) is 2.50. The van der Waals surface area contributed by atoms with Crippen molar-refractivity contribution in [2.45, 2.75) is 6.92 Å². The number of amides is 1. The van der Waals surface area contributed by atoms with Gasteiger partial charge in [0.25, 0.3) is 5.91 Å². The Morgan fingerprint density at radius 2 is 2.19 bits per heavy atom. The van der Waals surface area contributed by atoms with Gasteiger partial charge in [0.1, 0.15) is 5.75 Å². The first-order chi connectivity index (χ1) is 10.1. The first-order valence-corrected chi connectivity index (χ1v) is 6.53. The van der Waals surface area contributed by atoms with E-state index in [9.17, 15) is 4.79 Å². The third-order valence-corrected chi connectivity index (χ3v) is 2.73. The van der Waals surface area contributed by atoms with Gasteiger partial charge in [-0.3, -0.25) is 4.79 Å². The molecule has 0 heterocycles. The van der Waals surface area contributed by atoms with E-state index in [0.717, 1.165) is 0 Å². The number of hydrogen-bond donors (Lipinski definition) is 3. The lowest BCUT2D eigenvalue weighted by atomic mass is 10.2. The number of ether oxygens (including phenoxy) is 2. The van der Waals surface area contributed by atoms with Crippen molar-refractivity contribution in [3.8, 4) is 5.75 Å². The lowest BCUT2D eigenvalue weighted by molar-refractivity contribution is -0.123. The van der Waals surface area contributed by atoms with Crippen LogP contribution in [0.1, 0.15) is 12.5 Å². The molecule has 7 heteroatoms. The number of amidine groups is 1. The molecule has 0 aliphatic carbocycles. The van der Waals surface area contributed by atoms with Crippen LogP contribution in [-0.2, 0) is 9.53 Å². The van der Waals surface area contributed by atoms with E-state index in [0.29, 0.717) is 24.5 Å². The number of rotatable bonds is 8. The number of nitrogens with zero attached hydrogens (tertiary/aromatic N) is 1. The summed E-state index contributed by atoms with van der Waals surface area (Å²) in [5.74, 6) is 0.295. The number of carbonyl (C=O) groups excluding carboxylic acids is 1. The van der Waals surface area contributed by atoms with Crippen LogP contribution in [0.15, 0.2) is 29.4 Å². The molecule has 1 atom stereocenters. The van der Waals surface area contributed by atoms with Crippen LogP contribution < -0.4 is 15.8 Å². The molecule has 0 bridgehead atoms. The Morgan fingerprint density at radius 3 is 2.86 bits per heavy atom. The van der Waals surface area contributed by atoms with Crippen LogP contribution in [0, 0.1) is 5.92 Å². The van der Waals surface area contributed by atoms with Crippen LogP contribution in [0.2, 0.25) is 0 Å². The van der Waals surface area contributed by atoms with Crippen molar-refractivity contribution < 1.29 is 19.5 Å². The second-order valence-electron chi connectivity index (χ2n) is 4.63. The molecular weight excluding hydrogens is 274 g/mol. The lowest BCUT2D eigenvalue weighted by Gasteiger charge is -2.13. The fraction of sp³-hybridized carbons (Fsp3) is 0.429. The molecule has 0 aliphatic heterocycles. The second-order valence-corrected chi connectivity index (χ2v) is 4.63. The van der Waals surface area contributed by atoms with Crippen LogP contribution in [0.25, 0.3) is 0 Å². The zero-order valence-corrected chi connectivity index (χ0v) is 12.2. The minimum Gasteiger partial charge on any atom is -0.483 e. The number of hydrogen-bond acceptors (Lipinski definition) is 5. The fourth-order valence-corrected chi connectivity index (χ4v) is 1.68. The number of methoxy groups -OCH3 is 1. The van der Waals surface area contributed by atoms with Gasteiger partial charge in [-0.2, -0.15) is 0 Å². The molecule has 0 spiro atoms. The molecule has 1 aromatic carbocycles. The lowest BCUT2D eigenvalue weighted by Crippen LogP contribution is -2.33. The maximum absolute atomic E-state index is 11.7. The summed E-state index contributed by atoms with van der Waals surface area (Å²) < 4.78 is 10.4. The molecule has 0 saturated heterocycles. The summed E-state index contributed by atoms with van der Waals surface area (Å²) in [5, 5.41) is 14.4. The molecule has 21 heavy (non-hydrogen) atoms. The summed E-state index contributed by atoms with van der Waals surface area (Å²) in [7, 11) is 1.62. The van der Waals surface area contributed by atoms with E-state index in [1.54, 1.807) is 31.4 Å². The highest BCUT2D eigenvalue weighted by molar-refractivity contribution is 5.99. The van der Waals surface area contributed by atoms with E-state index in [-0.39, 0.29) is 24.3 Å². The van der Waals surface area contributed by atoms with Crippen molar-refractivity contribution in [3.05, 3.63) is 29.8 Å². The molecule has 1 aromatic rings. The van der Waals surface area contributed by atoms with Gasteiger partial charge >= 0.3 is 0 Å². The Morgan fingerprint density at radius 1 is 1.48 bits per heavy atom. The van der Waals surface area contributed by atoms with Crippen molar-refractivity contribution in [2.24, 2.45) is 16.8 Å². The highest BCUT2D eigenvalue weighted by Crippen LogP contribution is 2.17. The predicted molar refractivity (Wildman–Crippen MR) is 78.5 cm³/mol. The normalized spacial score (nSPS) is 12.8. The predicted octanol–water partition coefficient (Wildman–Crippen LogP) is 0.559. The van der Waals surface area contributed by atoms with Gasteiger partial charge < -0.3 is 25.7 Å². The number of nitrogens with two attached hydrogens (primary N) is 1. The number of carbonyl (C=O) groups is 1. The smallest absolute Gasteiger partial charge is 0.257 e. The molecule has 0 saturated carbocycles. The van der Waals surface area contributed by atoms with E-state index >= 15 is 0 Å². The molecule has 1 amide bonds. The zero-order valence-electron chi connectivity index (χ0n) is 12.2. The molecule has 116 valence electrons. The third kappa shape index (κ3) is 5.70. The fourth-order valence-electron chi connectivity index (χ4n) is 1.68. The quantitative estimate of drug-likeness (QED) is 0.281. The first-order valence-electron chi connectivity index (χ1n) is 6.53. The summed E-state index contributed by atoms with van der Waals surface area (Å²) in [6, 6.07) is 6.76. The molecule has 1 unspecified atom stereocenters. The van der Waals surface area contributed by atoms with Crippen LogP contribution in [0.4, 0.5) is 0 Å². The van der Waals surface area contributed by atoms with Crippen LogP contribution in [0.3, 0.4) is 0 Å². The highest BCUT2D eigenvalue weighted by Gasteiger charge is 2.10. The highest BCUT2D eigenvalue weighted by atomic mass is 16.5. The Labute approximate surface area is 123 Å². The maximum Gasteiger partial charge on any atom is 0.257 e. The largest absolute Gasteiger partial charge is 0.483 e. The van der Waals surface area contributed by atoms with Gasteiger partial charge in [0.15, 0.2) is 12.4 Å². The summed E-state index contributed by atoms with van der Waals surface area (Å²) >= 11 is 0. The average molecular weight is 295 g/mol. The van der Waals surface area contributed by atoms with Crippen LogP contribution in [0.5, 0.6) is 5.75 Å². The van der Waals surface area contributed by atoms with Gasteiger partial charge in [-0.25, -0.2) is 0 Å². The van der Waals surface area contributed by atoms with E-state index < -0.39 is 0 Å². The minimum absolute atomic E-state index is 0.0697. The second kappa shape index (κ2) is 8.80. The molecule has 0 radical (unpaired) electrons. The molecule has 0 aliphatic rings. The summed E-state index contributed by atoms with van der Waals surface area (Å²) in [6.07, 6.45) is 0. The third-order valence-electron chi connectivity index (χ3n) is 2.73. The Hall–Kier alpha value is -2.28. The van der Waals surface area contributed by atoms with Crippen molar-refractivity contribution in [2.75, 3.05) is 26.9 Å². The van der Waals surface area contributed by atoms with Gasteiger partial charge in [0.05, 0.1) is 12.2 Å². The summed E-state index contributed by atoms with van der Waals surface area (Å²) in [6.45, 7) is 2.92. The van der Waals surface area contributed by atoms with Crippen molar-refractivity contribution >= 4 is 11.7 Å². The number of oxime groups is 1. The monoisotopic (exact) mass is 295 g/mol. The van der Waals surface area contributed by atoms with Crippen molar-refractivity contribution in [3.63, 3.8) is 0 Å².